The highest BCUT2D eigenvalue weighted by Crippen LogP contribution is 2.33. The van der Waals surface area contributed by atoms with Crippen molar-refractivity contribution in [1.82, 2.24) is 15.2 Å². The number of benzene rings is 1. The number of thiazole rings is 1. The summed E-state index contributed by atoms with van der Waals surface area (Å²) in [6, 6.07) is 5.97. The Kier molecular flexibility index (Phi) is 5.31. The fourth-order valence-electron chi connectivity index (χ4n) is 3.89. The minimum Gasteiger partial charge on any atom is -0.323 e. The molecule has 0 unspecified atom stereocenters. The predicted octanol–water partition coefficient (Wildman–Crippen LogP) is 3.07. The molecular formula is C20H21FN4O3S. The maximum atomic E-state index is 13.8. The second-order valence-electron chi connectivity index (χ2n) is 7.41. The molecule has 2 aliphatic rings. The lowest BCUT2D eigenvalue weighted by atomic mass is 9.82. The van der Waals surface area contributed by atoms with E-state index >= 15 is 0 Å². The van der Waals surface area contributed by atoms with Gasteiger partial charge in [-0.3, -0.25) is 14.5 Å². The summed E-state index contributed by atoms with van der Waals surface area (Å²) in [6.45, 7) is -0.353. The van der Waals surface area contributed by atoms with Crippen molar-refractivity contribution in [1.29, 1.82) is 0 Å². The third-order valence-electron chi connectivity index (χ3n) is 5.38. The topological polar surface area (TPSA) is 91.4 Å². The molecule has 2 fully saturated rings. The predicted molar refractivity (Wildman–Crippen MR) is 106 cm³/mol. The van der Waals surface area contributed by atoms with Crippen LogP contribution in [0.3, 0.4) is 0 Å². The van der Waals surface area contributed by atoms with E-state index in [1.54, 1.807) is 24.4 Å². The summed E-state index contributed by atoms with van der Waals surface area (Å²) in [6.07, 6.45) is 5.99. The number of carbonyl (C=O) groups is 3. The van der Waals surface area contributed by atoms with Gasteiger partial charge in [-0.15, -0.1) is 11.3 Å². The van der Waals surface area contributed by atoms with Crippen molar-refractivity contribution >= 4 is 34.3 Å². The highest BCUT2D eigenvalue weighted by atomic mass is 32.1. The number of rotatable bonds is 5. The van der Waals surface area contributed by atoms with Crippen LogP contribution in [0, 0.1) is 5.82 Å². The first-order chi connectivity index (χ1) is 14.0. The molecule has 1 aliphatic heterocycles. The van der Waals surface area contributed by atoms with Crippen molar-refractivity contribution in [3.63, 3.8) is 0 Å². The van der Waals surface area contributed by atoms with Crippen molar-refractivity contribution in [2.45, 2.75) is 44.1 Å². The number of urea groups is 1. The van der Waals surface area contributed by atoms with E-state index < -0.39 is 17.5 Å². The number of halogens is 1. The molecule has 4 rings (SSSR count). The van der Waals surface area contributed by atoms with Gasteiger partial charge in [0.15, 0.2) is 5.13 Å². The Morgan fingerprint density at radius 2 is 2.00 bits per heavy atom. The first-order valence-electron chi connectivity index (χ1n) is 9.59. The molecule has 0 bridgehead atoms. The van der Waals surface area contributed by atoms with Gasteiger partial charge in [0.05, 0.1) is 0 Å². The molecule has 29 heavy (non-hydrogen) atoms. The van der Waals surface area contributed by atoms with Crippen LogP contribution in [0.25, 0.3) is 0 Å². The summed E-state index contributed by atoms with van der Waals surface area (Å²) in [5.74, 6) is -1.11. The van der Waals surface area contributed by atoms with Crippen molar-refractivity contribution in [2.75, 3.05) is 11.9 Å². The number of carbonyl (C=O) groups excluding carboxylic acids is 3. The largest absolute Gasteiger partial charge is 0.325 e. The number of anilines is 1. The highest BCUT2D eigenvalue weighted by Gasteiger charge is 2.51. The average molecular weight is 416 g/mol. The van der Waals surface area contributed by atoms with E-state index in [-0.39, 0.29) is 18.3 Å². The summed E-state index contributed by atoms with van der Waals surface area (Å²) in [5.41, 5.74) is -0.296. The molecule has 0 atom stereocenters. The first kappa shape index (κ1) is 19.5. The van der Waals surface area contributed by atoms with Gasteiger partial charge in [0, 0.05) is 17.5 Å². The molecule has 4 amide bonds. The SMILES string of the molecule is O=C(CN1C(=O)NC2(CCCCC2)C1=O)Nc1ncc(Cc2ccccc2F)s1. The van der Waals surface area contributed by atoms with Gasteiger partial charge < -0.3 is 10.6 Å². The average Bonchev–Trinajstić information content (AvgIpc) is 3.22. The normalized spacial score (nSPS) is 18.2. The van der Waals surface area contributed by atoms with Crippen LogP contribution in [-0.2, 0) is 16.0 Å². The fraction of sp³-hybridized carbons (Fsp3) is 0.400. The quantitative estimate of drug-likeness (QED) is 0.733. The van der Waals surface area contributed by atoms with Crippen LogP contribution in [0.4, 0.5) is 14.3 Å². The van der Waals surface area contributed by atoms with Crippen LogP contribution < -0.4 is 10.6 Å². The van der Waals surface area contributed by atoms with E-state index in [1.165, 1.54) is 17.4 Å². The number of hydrogen-bond donors (Lipinski definition) is 2. The van der Waals surface area contributed by atoms with E-state index in [4.69, 9.17) is 0 Å². The Morgan fingerprint density at radius 1 is 1.24 bits per heavy atom. The minimum absolute atomic E-state index is 0.290. The maximum Gasteiger partial charge on any atom is 0.325 e. The van der Waals surface area contributed by atoms with Gasteiger partial charge in [-0.1, -0.05) is 37.5 Å². The lowest BCUT2D eigenvalue weighted by Gasteiger charge is -2.30. The van der Waals surface area contributed by atoms with E-state index in [0.717, 1.165) is 29.0 Å². The summed E-state index contributed by atoms with van der Waals surface area (Å²) in [4.78, 5) is 43.3. The van der Waals surface area contributed by atoms with E-state index in [1.807, 2.05) is 0 Å². The molecular weight excluding hydrogens is 395 g/mol. The number of hydrogen-bond acceptors (Lipinski definition) is 5. The molecule has 1 aromatic carbocycles. The van der Waals surface area contributed by atoms with Crippen LogP contribution in [0.5, 0.6) is 0 Å². The van der Waals surface area contributed by atoms with Gasteiger partial charge >= 0.3 is 6.03 Å². The van der Waals surface area contributed by atoms with Gasteiger partial charge in [-0.05, 0) is 24.5 Å². The summed E-state index contributed by atoms with van der Waals surface area (Å²) in [5, 5.41) is 5.75. The lowest BCUT2D eigenvalue weighted by Crippen LogP contribution is -2.48. The van der Waals surface area contributed by atoms with E-state index in [2.05, 4.69) is 15.6 Å². The third-order valence-corrected chi connectivity index (χ3v) is 6.29. The molecule has 1 saturated heterocycles. The lowest BCUT2D eigenvalue weighted by molar-refractivity contribution is -0.134. The van der Waals surface area contributed by atoms with Gasteiger partial charge in [0.25, 0.3) is 5.91 Å². The van der Waals surface area contributed by atoms with Crippen molar-refractivity contribution in [3.8, 4) is 0 Å². The molecule has 0 radical (unpaired) electrons. The van der Waals surface area contributed by atoms with Crippen LogP contribution in [-0.4, -0.2) is 39.8 Å². The number of nitrogens with zero attached hydrogens (tertiary/aromatic N) is 2. The Morgan fingerprint density at radius 3 is 2.76 bits per heavy atom. The number of amides is 4. The first-order valence-corrected chi connectivity index (χ1v) is 10.4. The van der Waals surface area contributed by atoms with Crippen molar-refractivity contribution in [3.05, 3.63) is 46.7 Å². The van der Waals surface area contributed by atoms with Crippen LogP contribution >= 0.6 is 11.3 Å². The molecule has 7 nitrogen and oxygen atoms in total. The summed E-state index contributed by atoms with van der Waals surface area (Å²) in [7, 11) is 0. The second kappa shape index (κ2) is 7.90. The zero-order chi connectivity index (χ0) is 20.4. The van der Waals surface area contributed by atoms with Gasteiger partial charge in [-0.25, -0.2) is 14.2 Å². The molecule has 2 heterocycles. The van der Waals surface area contributed by atoms with Crippen molar-refractivity contribution < 1.29 is 18.8 Å². The van der Waals surface area contributed by atoms with Crippen molar-refractivity contribution in [2.24, 2.45) is 0 Å². The van der Waals surface area contributed by atoms with Gasteiger partial charge in [0.2, 0.25) is 5.91 Å². The molecule has 1 aliphatic carbocycles. The third kappa shape index (κ3) is 4.00. The van der Waals surface area contributed by atoms with E-state index in [0.29, 0.717) is 30.0 Å². The molecule has 2 N–H and O–H groups in total. The molecule has 9 heteroatoms. The summed E-state index contributed by atoms with van der Waals surface area (Å²) >= 11 is 1.23. The number of aromatic nitrogens is 1. The Labute approximate surface area is 171 Å². The fourth-order valence-corrected chi connectivity index (χ4v) is 4.74. The van der Waals surface area contributed by atoms with E-state index in [9.17, 15) is 18.8 Å². The highest BCUT2D eigenvalue weighted by molar-refractivity contribution is 7.15. The monoisotopic (exact) mass is 416 g/mol. The molecule has 152 valence electrons. The smallest absolute Gasteiger partial charge is 0.323 e. The number of imide groups is 1. The van der Waals surface area contributed by atoms with Crippen LogP contribution in [0.1, 0.15) is 42.5 Å². The Hall–Kier alpha value is -2.81. The Bertz CT molecular complexity index is 955. The standard InChI is InChI=1S/C20H21FN4O3S/c21-15-7-3-2-6-13(15)10-14-11-22-18(29-14)23-16(26)12-25-17(27)20(24-19(25)28)8-4-1-5-9-20/h2-3,6-7,11H,1,4-5,8-10,12H2,(H,24,28)(H,22,23,26). The molecule has 1 aromatic heterocycles. The molecule has 2 aromatic rings. The summed E-state index contributed by atoms with van der Waals surface area (Å²) < 4.78 is 13.8. The van der Waals surface area contributed by atoms with Gasteiger partial charge in [0.1, 0.15) is 17.9 Å². The number of nitrogens with one attached hydrogen (secondary N) is 2. The van der Waals surface area contributed by atoms with Gasteiger partial charge in [-0.2, -0.15) is 0 Å². The molecule has 1 spiro atoms. The maximum absolute atomic E-state index is 13.8. The minimum atomic E-state index is -0.844. The van der Waals surface area contributed by atoms with Crippen LogP contribution in [0.15, 0.2) is 30.5 Å². The second-order valence-corrected chi connectivity index (χ2v) is 8.53. The zero-order valence-electron chi connectivity index (χ0n) is 15.7. The van der Waals surface area contributed by atoms with Crippen LogP contribution in [0.2, 0.25) is 0 Å². The molecule has 1 saturated carbocycles. The Balaban J connectivity index is 1.37. The zero-order valence-corrected chi connectivity index (χ0v) is 16.6.